The van der Waals surface area contributed by atoms with Crippen LogP contribution < -0.4 is 10.0 Å². The molecule has 1 amide bonds. The van der Waals surface area contributed by atoms with Crippen molar-refractivity contribution in [3.8, 4) is 0 Å². The van der Waals surface area contributed by atoms with Crippen LogP contribution in [-0.2, 0) is 14.8 Å². The Kier molecular flexibility index (Phi) is 5.47. The molecule has 2 rings (SSSR count). The Morgan fingerprint density at radius 3 is 2.59 bits per heavy atom. The van der Waals surface area contributed by atoms with Gasteiger partial charge in [-0.1, -0.05) is 37.4 Å². The van der Waals surface area contributed by atoms with Crippen LogP contribution in [0.15, 0.2) is 29.2 Å². The predicted octanol–water partition coefficient (Wildman–Crippen LogP) is 2.31. The number of carbonyl (C=O) groups excluding carboxylic acids is 1. The predicted molar refractivity (Wildman–Crippen MR) is 86.2 cm³/mol. The van der Waals surface area contributed by atoms with Gasteiger partial charge in [-0.25, -0.2) is 13.1 Å². The summed E-state index contributed by atoms with van der Waals surface area (Å²) >= 11 is 5.79. The van der Waals surface area contributed by atoms with Gasteiger partial charge in [-0.15, -0.1) is 0 Å². The van der Waals surface area contributed by atoms with Crippen molar-refractivity contribution in [2.75, 3.05) is 13.1 Å². The highest BCUT2D eigenvalue weighted by molar-refractivity contribution is 7.89. The summed E-state index contributed by atoms with van der Waals surface area (Å²) in [5, 5.41) is 3.17. The van der Waals surface area contributed by atoms with Gasteiger partial charge in [0.1, 0.15) is 0 Å². The number of carbonyl (C=O) groups is 1. The fraction of sp³-hybridized carbons (Fsp3) is 0.533. The minimum atomic E-state index is -3.60. The van der Waals surface area contributed by atoms with Gasteiger partial charge in [0.15, 0.2) is 0 Å². The molecule has 0 heterocycles. The second-order valence-electron chi connectivity index (χ2n) is 5.88. The van der Waals surface area contributed by atoms with E-state index in [9.17, 15) is 13.2 Å². The summed E-state index contributed by atoms with van der Waals surface area (Å²) in [6.45, 7) is 2.39. The van der Waals surface area contributed by atoms with Crippen molar-refractivity contribution in [2.24, 2.45) is 5.41 Å². The molecule has 5 nitrogen and oxygen atoms in total. The maximum absolute atomic E-state index is 12.1. The Hall–Kier alpha value is -1.11. The van der Waals surface area contributed by atoms with Gasteiger partial charge in [0.2, 0.25) is 15.9 Å². The van der Waals surface area contributed by atoms with Crippen LogP contribution in [0, 0.1) is 5.41 Å². The molecule has 0 radical (unpaired) electrons. The number of amides is 1. The van der Waals surface area contributed by atoms with E-state index in [1.54, 1.807) is 12.1 Å². The van der Waals surface area contributed by atoms with Crippen molar-refractivity contribution in [3.63, 3.8) is 0 Å². The molecule has 0 atom stereocenters. The van der Waals surface area contributed by atoms with E-state index >= 15 is 0 Å². The van der Waals surface area contributed by atoms with Crippen LogP contribution >= 0.6 is 11.6 Å². The average molecular weight is 345 g/mol. The van der Waals surface area contributed by atoms with Crippen LogP contribution in [0.4, 0.5) is 0 Å². The summed E-state index contributed by atoms with van der Waals surface area (Å²) in [5.41, 5.74) is -0.300. The van der Waals surface area contributed by atoms with Crippen LogP contribution in [0.3, 0.4) is 0 Å². The molecule has 122 valence electrons. The molecule has 1 aliphatic rings. The van der Waals surface area contributed by atoms with Gasteiger partial charge >= 0.3 is 0 Å². The molecule has 0 aromatic heterocycles. The average Bonchev–Trinajstić information content (AvgIpc) is 2.91. The van der Waals surface area contributed by atoms with Gasteiger partial charge in [-0.3, -0.25) is 4.79 Å². The van der Waals surface area contributed by atoms with Gasteiger partial charge in [0, 0.05) is 23.5 Å². The van der Waals surface area contributed by atoms with Gasteiger partial charge in [0.25, 0.3) is 0 Å². The molecule has 0 bridgehead atoms. The maximum Gasteiger partial charge on any atom is 0.240 e. The van der Waals surface area contributed by atoms with Crippen molar-refractivity contribution >= 4 is 27.5 Å². The summed E-state index contributed by atoms with van der Waals surface area (Å²) in [4.78, 5) is 12.2. The van der Waals surface area contributed by atoms with Crippen LogP contribution in [-0.4, -0.2) is 27.4 Å². The number of nitrogens with one attached hydrogen (secondary N) is 2. The lowest BCUT2D eigenvalue weighted by Crippen LogP contribution is -2.41. The number of hydrogen-bond donors (Lipinski definition) is 2. The highest BCUT2D eigenvalue weighted by Crippen LogP contribution is 2.37. The Labute approximate surface area is 136 Å². The number of benzene rings is 1. The number of hydrogen-bond acceptors (Lipinski definition) is 3. The molecule has 0 aliphatic heterocycles. The zero-order chi connectivity index (χ0) is 16.2. The summed E-state index contributed by atoms with van der Waals surface area (Å²) in [6, 6.07) is 6.07. The first kappa shape index (κ1) is 17.2. The molecule has 1 aromatic carbocycles. The van der Waals surface area contributed by atoms with E-state index in [0.717, 1.165) is 25.7 Å². The fourth-order valence-corrected chi connectivity index (χ4v) is 4.01. The summed E-state index contributed by atoms with van der Waals surface area (Å²) in [7, 11) is -3.60. The van der Waals surface area contributed by atoms with Gasteiger partial charge in [-0.05, 0) is 31.0 Å². The van der Waals surface area contributed by atoms with Crippen molar-refractivity contribution in [2.45, 2.75) is 37.5 Å². The molecular weight excluding hydrogens is 324 g/mol. The smallest absolute Gasteiger partial charge is 0.240 e. The quantitative estimate of drug-likeness (QED) is 0.777. The van der Waals surface area contributed by atoms with Crippen molar-refractivity contribution in [1.29, 1.82) is 0 Å². The van der Waals surface area contributed by atoms with E-state index in [0.29, 0.717) is 5.02 Å². The Morgan fingerprint density at radius 1 is 1.27 bits per heavy atom. The molecule has 1 aliphatic carbocycles. The molecule has 1 fully saturated rings. The van der Waals surface area contributed by atoms with E-state index < -0.39 is 10.0 Å². The van der Waals surface area contributed by atoms with Crippen LogP contribution in [0.5, 0.6) is 0 Å². The monoisotopic (exact) mass is 344 g/mol. The SMILES string of the molecule is CC1(C(=O)NCCNS(=O)(=O)c2cccc(Cl)c2)CCCC1. The van der Waals surface area contributed by atoms with Gasteiger partial charge < -0.3 is 5.32 Å². The van der Waals surface area contributed by atoms with E-state index in [-0.39, 0.29) is 29.3 Å². The van der Waals surface area contributed by atoms with E-state index in [1.807, 2.05) is 6.92 Å². The molecule has 7 heteroatoms. The van der Waals surface area contributed by atoms with Crippen LogP contribution in [0.25, 0.3) is 0 Å². The first-order valence-electron chi connectivity index (χ1n) is 7.37. The third kappa shape index (κ3) is 4.21. The summed E-state index contributed by atoms with van der Waals surface area (Å²) in [5.74, 6) is 0.00644. The zero-order valence-corrected chi connectivity index (χ0v) is 14.1. The molecule has 0 unspecified atom stereocenters. The fourth-order valence-electron chi connectivity index (χ4n) is 2.67. The van der Waals surface area contributed by atoms with E-state index in [2.05, 4.69) is 10.0 Å². The molecule has 0 saturated heterocycles. The Morgan fingerprint density at radius 2 is 1.95 bits per heavy atom. The highest BCUT2D eigenvalue weighted by atomic mass is 35.5. The Balaban J connectivity index is 1.82. The largest absolute Gasteiger partial charge is 0.354 e. The highest BCUT2D eigenvalue weighted by Gasteiger charge is 2.35. The third-order valence-electron chi connectivity index (χ3n) is 4.06. The maximum atomic E-state index is 12.1. The van der Waals surface area contributed by atoms with Crippen molar-refractivity contribution < 1.29 is 13.2 Å². The molecular formula is C15H21ClN2O3S. The van der Waals surface area contributed by atoms with E-state index in [1.165, 1.54) is 12.1 Å². The standard InChI is InChI=1S/C15H21ClN2O3S/c1-15(7-2-3-8-15)14(19)17-9-10-18-22(20,21)13-6-4-5-12(16)11-13/h4-6,11,18H,2-3,7-10H2,1H3,(H,17,19). The number of rotatable bonds is 6. The second kappa shape index (κ2) is 6.98. The first-order chi connectivity index (χ1) is 10.3. The van der Waals surface area contributed by atoms with Crippen LogP contribution in [0.1, 0.15) is 32.6 Å². The first-order valence-corrected chi connectivity index (χ1v) is 9.23. The molecule has 1 saturated carbocycles. The van der Waals surface area contributed by atoms with Crippen molar-refractivity contribution in [3.05, 3.63) is 29.3 Å². The number of halogens is 1. The summed E-state index contributed by atoms with van der Waals surface area (Å²) in [6.07, 6.45) is 3.94. The third-order valence-corrected chi connectivity index (χ3v) is 5.76. The van der Waals surface area contributed by atoms with Gasteiger partial charge in [-0.2, -0.15) is 0 Å². The molecule has 1 aromatic rings. The lowest BCUT2D eigenvalue weighted by atomic mass is 9.88. The van der Waals surface area contributed by atoms with Gasteiger partial charge in [0.05, 0.1) is 4.90 Å². The lowest BCUT2D eigenvalue weighted by molar-refractivity contribution is -0.129. The zero-order valence-electron chi connectivity index (χ0n) is 12.6. The normalized spacial score (nSPS) is 17.4. The molecule has 0 spiro atoms. The molecule has 22 heavy (non-hydrogen) atoms. The summed E-state index contributed by atoms with van der Waals surface area (Å²) < 4.78 is 26.6. The second-order valence-corrected chi connectivity index (χ2v) is 8.08. The Bertz CT molecular complexity index is 640. The minimum absolute atomic E-state index is 0.00644. The van der Waals surface area contributed by atoms with Crippen LogP contribution in [0.2, 0.25) is 5.02 Å². The minimum Gasteiger partial charge on any atom is -0.354 e. The molecule has 2 N–H and O–H groups in total. The number of sulfonamides is 1. The lowest BCUT2D eigenvalue weighted by Gasteiger charge is -2.22. The topological polar surface area (TPSA) is 75.3 Å². The van der Waals surface area contributed by atoms with Crippen molar-refractivity contribution in [1.82, 2.24) is 10.0 Å². The van der Waals surface area contributed by atoms with E-state index in [4.69, 9.17) is 11.6 Å².